The number of hydrogen-bond donors (Lipinski definition) is 2. The zero-order valence-electron chi connectivity index (χ0n) is 16.9. The number of rotatable bonds is 5. The number of hydrogen-bond acceptors (Lipinski definition) is 6. The average Bonchev–Trinajstić information content (AvgIpc) is 3.20. The molecule has 1 aromatic heterocycles. The molecule has 2 aliphatic rings. The molecule has 0 saturated heterocycles. The van der Waals surface area contributed by atoms with Crippen molar-refractivity contribution in [2.45, 2.75) is 36.2 Å². The lowest BCUT2D eigenvalue weighted by atomic mass is 9.85. The van der Waals surface area contributed by atoms with Crippen LogP contribution in [0.2, 0.25) is 0 Å². The normalized spacial score (nSPS) is 17.5. The summed E-state index contributed by atoms with van der Waals surface area (Å²) in [6.07, 6.45) is 2.02. The van der Waals surface area contributed by atoms with Gasteiger partial charge >= 0.3 is 5.97 Å². The highest BCUT2D eigenvalue weighted by Gasteiger charge is 2.36. The quantitative estimate of drug-likeness (QED) is 0.555. The standard InChI is InChI=1S/C23H19FN4O3S/c24-16-10-8-14(9-11-16)20-19-17(2-1-3-18(19)29)25-22-26-23(27-28(20)22)32-12-13-4-6-15(7-5-13)21(30)31/h4-11,20H,1-3,12H2,(H,30,31)(H,25,26,27)/t20-/m1/s1. The largest absolute Gasteiger partial charge is 0.478 e. The fraction of sp³-hybridized carbons (Fsp3) is 0.217. The molecule has 1 aliphatic heterocycles. The van der Waals surface area contributed by atoms with E-state index in [0.717, 1.165) is 29.7 Å². The molecule has 0 amide bonds. The molecule has 2 N–H and O–H groups in total. The van der Waals surface area contributed by atoms with Gasteiger partial charge in [-0.05, 0) is 48.2 Å². The monoisotopic (exact) mass is 450 g/mol. The molecule has 2 heterocycles. The van der Waals surface area contributed by atoms with Crippen LogP contribution >= 0.6 is 11.8 Å². The number of allylic oxidation sites excluding steroid dienone is 2. The molecule has 1 atom stereocenters. The lowest BCUT2D eigenvalue weighted by molar-refractivity contribution is -0.116. The summed E-state index contributed by atoms with van der Waals surface area (Å²) >= 11 is 1.42. The first-order valence-electron chi connectivity index (χ1n) is 10.2. The van der Waals surface area contributed by atoms with Crippen LogP contribution in [0.5, 0.6) is 0 Å². The highest BCUT2D eigenvalue weighted by atomic mass is 32.2. The second-order valence-electron chi connectivity index (χ2n) is 7.70. The van der Waals surface area contributed by atoms with Crippen molar-refractivity contribution in [2.24, 2.45) is 0 Å². The molecule has 3 aromatic rings. The van der Waals surface area contributed by atoms with Gasteiger partial charge in [-0.3, -0.25) is 4.79 Å². The van der Waals surface area contributed by atoms with Crippen LogP contribution in [0.3, 0.4) is 0 Å². The molecule has 9 heteroatoms. The number of anilines is 1. The minimum Gasteiger partial charge on any atom is -0.478 e. The third-order valence-corrected chi connectivity index (χ3v) is 6.51. The summed E-state index contributed by atoms with van der Waals surface area (Å²) in [4.78, 5) is 28.4. The van der Waals surface area contributed by atoms with E-state index in [1.54, 1.807) is 41.1 Å². The third-order valence-electron chi connectivity index (χ3n) is 5.60. The minimum atomic E-state index is -0.962. The van der Waals surface area contributed by atoms with Gasteiger partial charge in [0.2, 0.25) is 11.1 Å². The van der Waals surface area contributed by atoms with Gasteiger partial charge in [-0.1, -0.05) is 36.0 Å². The molecule has 7 nitrogen and oxygen atoms in total. The summed E-state index contributed by atoms with van der Waals surface area (Å²) in [5.41, 5.74) is 3.49. The Balaban J connectivity index is 1.45. The highest BCUT2D eigenvalue weighted by Crippen LogP contribution is 2.40. The van der Waals surface area contributed by atoms with Crippen LogP contribution in [0.1, 0.15) is 46.8 Å². The van der Waals surface area contributed by atoms with E-state index in [0.29, 0.717) is 28.9 Å². The zero-order chi connectivity index (χ0) is 22.2. The number of halogens is 1. The van der Waals surface area contributed by atoms with E-state index in [2.05, 4.69) is 15.4 Å². The van der Waals surface area contributed by atoms with Gasteiger partial charge in [0.15, 0.2) is 5.78 Å². The number of carboxylic acid groups (broad SMARTS) is 1. The number of carbonyl (C=O) groups is 2. The number of aromatic nitrogens is 3. The van der Waals surface area contributed by atoms with Crippen LogP contribution in [0.15, 0.2) is 65.0 Å². The summed E-state index contributed by atoms with van der Waals surface area (Å²) in [6.45, 7) is 0. The summed E-state index contributed by atoms with van der Waals surface area (Å²) in [5.74, 6) is -0.109. The zero-order valence-corrected chi connectivity index (χ0v) is 17.7. The summed E-state index contributed by atoms with van der Waals surface area (Å²) < 4.78 is 15.2. The topological polar surface area (TPSA) is 97.1 Å². The number of carboxylic acids is 1. The number of fused-ring (bicyclic) bond motifs is 1. The van der Waals surface area contributed by atoms with Gasteiger partial charge in [0.25, 0.3) is 0 Å². The Morgan fingerprint density at radius 1 is 1.16 bits per heavy atom. The molecule has 0 spiro atoms. The third kappa shape index (κ3) is 3.80. The van der Waals surface area contributed by atoms with Gasteiger partial charge in [-0.2, -0.15) is 4.98 Å². The fourth-order valence-electron chi connectivity index (χ4n) is 4.04. The second-order valence-corrected chi connectivity index (χ2v) is 8.64. The molecular formula is C23H19FN4O3S. The Morgan fingerprint density at radius 2 is 1.91 bits per heavy atom. The number of ketones is 1. The number of Topliss-reactive ketones (excluding diaryl/α,β-unsaturated/α-hetero) is 1. The van der Waals surface area contributed by atoms with Crippen molar-refractivity contribution in [3.8, 4) is 0 Å². The van der Waals surface area contributed by atoms with E-state index >= 15 is 0 Å². The first-order valence-corrected chi connectivity index (χ1v) is 11.2. The van der Waals surface area contributed by atoms with Gasteiger partial charge in [-0.25, -0.2) is 13.9 Å². The van der Waals surface area contributed by atoms with Crippen LogP contribution in [0.4, 0.5) is 10.3 Å². The van der Waals surface area contributed by atoms with Crippen molar-refractivity contribution in [1.29, 1.82) is 0 Å². The van der Waals surface area contributed by atoms with E-state index in [1.807, 2.05) is 0 Å². The van der Waals surface area contributed by atoms with Crippen molar-refractivity contribution in [2.75, 3.05) is 5.32 Å². The Morgan fingerprint density at radius 3 is 2.62 bits per heavy atom. The van der Waals surface area contributed by atoms with Gasteiger partial charge in [-0.15, -0.1) is 5.10 Å². The molecule has 0 unspecified atom stereocenters. The van der Waals surface area contributed by atoms with Crippen LogP contribution < -0.4 is 5.32 Å². The van der Waals surface area contributed by atoms with E-state index < -0.39 is 12.0 Å². The minimum absolute atomic E-state index is 0.0712. The molecule has 0 fully saturated rings. The maximum Gasteiger partial charge on any atom is 0.335 e. The first kappa shape index (κ1) is 20.4. The first-order chi connectivity index (χ1) is 15.5. The Hall–Kier alpha value is -3.46. The van der Waals surface area contributed by atoms with Crippen molar-refractivity contribution in [3.63, 3.8) is 0 Å². The lowest BCUT2D eigenvalue weighted by Gasteiger charge is -2.32. The highest BCUT2D eigenvalue weighted by molar-refractivity contribution is 7.98. The Bertz CT molecular complexity index is 1240. The van der Waals surface area contributed by atoms with E-state index in [1.165, 1.54) is 23.9 Å². The van der Waals surface area contributed by atoms with Crippen molar-refractivity contribution in [3.05, 3.63) is 82.3 Å². The molecule has 162 valence electrons. The Labute approximate surface area is 187 Å². The second kappa shape index (κ2) is 8.23. The molecule has 0 radical (unpaired) electrons. The van der Waals surface area contributed by atoms with Crippen LogP contribution in [0.25, 0.3) is 0 Å². The number of nitrogens with zero attached hydrogens (tertiary/aromatic N) is 3. The average molecular weight is 450 g/mol. The van der Waals surface area contributed by atoms with Crippen molar-refractivity contribution >= 4 is 29.5 Å². The Kier molecular flexibility index (Phi) is 5.26. The predicted molar refractivity (Wildman–Crippen MR) is 117 cm³/mol. The van der Waals surface area contributed by atoms with Crippen molar-refractivity contribution < 1.29 is 19.1 Å². The molecule has 0 bridgehead atoms. The number of nitrogens with one attached hydrogen (secondary N) is 1. The number of carbonyl (C=O) groups excluding carboxylic acids is 1. The molecule has 2 aromatic carbocycles. The van der Waals surface area contributed by atoms with E-state index in [9.17, 15) is 14.0 Å². The predicted octanol–water partition coefficient (Wildman–Crippen LogP) is 4.43. The summed E-state index contributed by atoms with van der Waals surface area (Å²) in [6, 6.07) is 12.4. The summed E-state index contributed by atoms with van der Waals surface area (Å²) in [5, 5.41) is 17.5. The molecule has 5 rings (SSSR count). The fourth-order valence-corrected chi connectivity index (χ4v) is 4.83. The summed E-state index contributed by atoms with van der Waals surface area (Å²) in [7, 11) is 0. The maximum atomic E-state index is 13.5. The molecule has 0 saturated carbocycles. The number of benzene rings is 2. The molecule has 32 heavy (non-hydrogen) atoms. The van der Waals surface area contributed by atoms with E-state index in [-0.39, 0.29) is 17.2 Å². The lowest BCUT2D eigenvalue weighted by Crippen LogP contribution is -2.31. The smallest absolute Gasteiger partial charge is 0.335 e. The van der Waals surface area contributed by atoms with Crippen LogP contribution in [-0.4, -0.2) is 31.6 Å². The van der Waals surface area contributed by atoms with Gasteiger partial charge in [0, 0.05) is 23.4 Å². The van der Waals surface area contributed by atoms with Gasteiger partial charge < -0.3 is 10.4 Å². The van der Waals surface area contributed by atoms with Crippen LogP contribution in [-0.2, 0) is 10.5 Å². The van der Waals surface area contributed by atoms with Crippen molar-refractivity contribution in [1.82, 2.24) is 14.8 Å². The van der Waals surface area contributed by atoms with Gasteiger partial charge in [0.05, 0.1) is 5.56 Å². The number of aromatic carboxylic acids is 1. The maximum absolute atomic E-state index is 13.5. The molecule has 1 aliphatic carbocycles. The van der Waals surface area contributed by atoms with Gasteiger partial charge in [0.1, 0.15) is 11.9 Å². The van der Waals surface area contributed by atoms with Crippen LogP contribution in [0, 0.1) is 5.82 Å². The molecular weight excluding hydrogens is 431 g/mol. The van der Waals surface area contributed by atoms with E-state index in [4.69, 9.17) is 5.11 Å². The number of thioether (sulfide) groups is 1. The SMILES string of the molecule is O=C1CCCC2=C1[C@@H](c1ccc(F)cc1)n1nc(SCc3ccc(C(=O)O)cc3)nc1N2.